The first-order valence-electron chi connectivity index (χ1n) is 5.67. The predicted molar refractivity (Wildman–Crippen MR) is 63.7 cm³/mol. The van der Waals surface area contributed by atoms with Crippen LogP contribution in [-0.4, -0.2) is 24.0 Å². The third-order valence-electron chi connectivity index (χ3n) is 2.79. The van der Waals surface area contributed by atoms with Crippen molar-refractivity contribution in [1.82, 2.24) is 4.98 Å². The summed E-state index contributed by atoms with van der Waals surface area (Å²) < 4.78 is 38.0. The number of hydrogen-bond donors (Lipinski definition) is 1. The maximum Gasteiger partial charge on any atom is 0.433 e. The average Bonchev–Trinajstić information content (AvgIpc) is 2.38. The lowest BCUT2D eigenvalue weighted by molar-refractivity contribution is -0.141. The molecule has 0 radical (unpaired) electrons. The zero-order valence-corrected chi connectivity index (χ0v) is 9.94. The summed E-state index contributed by atoms with van der Waals surface area (Å²) in [7, 11) is 0. The number of primary amides is 1. The lowest BCUT2D eigenvalue weighted by Crippen LogP contribution is -2.31. The minimum atomic E-state index is -4.55. The molecule has 19 heavy (non-hydrogen) atoms. The molecule has 2 rings (SSSR count). The lowest BCUT2D eigenvalue weighted by atomic mass is 10.1. The van der Waals surface area contributed by atoms with Crippen LogP contribution < -0.4 is 10.6 Å². The van der Waals surface area contributed by atoms with Gasteiger partial charge in [-0.25, -0.2) is 4.98 Å². The van der Waals surface area contributed by atoms with E-state index in [1.807, 2.05) is 12.2 Å². The second-order valence-corrected chi connectivity index (χ2v) is 4.14. The Morgan fingerprint density at radius 2 is 2.05 bits per heavy atom. The molecular weight excluding hydrogens is 259 g/mol. The number of amides is 1. The minimum Gasteiger partial charge on any atom is -0.365 e. The summed E-state index contributed by atoms with van der Waals surface area (Å²) >= 11 is 0. The van der Waals surface area contributed by atoms with Crippen molar-refractivity contribution in [3.63, 3.8) is 0 Å². The van der Waals surface area contributed by atoms with Gasteiger partial charge in [0.1, 0.15) is 11.5 Å². The topological polar surface area (TPSA) is 59.2 Å². The standard InChI is InChI=1S/C12H12F3N3O/c13-12(14,15)9-5-4-8(10(16)19)11(17-9)18-6-2-1-3-7-18/h1-2,4-5H,3,6-7H2,(H2,16,19). The number of carbonyl (C=O) groups is 1. The normalized spacial score (nSPS) is 15.6. The Balaban J connectivity index is 2.47. The fourth-order valence-electron chi connectivity index (χ4n) is 1.87. The van der Waals surface area contributed by atoms with Crippen LogP contribution in [-0.2, 0) is 6.18 Å². The second kappa shape index (κ2) is 4.91. The van der Waals surface area contributed by atoms with Crippen LogP contribution in [0.5, 0.6) is 0 Å². The summed E-state index contributed by atoms with van der Waals surface area (Å²) in [5, 5.41) is 0. The van der Waals surface area contributed by atoms with Crippen LogP contribution in [0.2, 0.25) is 0 Å². The van der Waals surface area contributed by atoms with Crippen molar-refractivity contribution in [3.8, 4) is 0 Å². The van der Waals surface area contributed by atoms with Crippen LogP contribution in [0.25, 0.3) is 0 Å². The Hall–Kier alpha value is -2.05. The van der Waals surface area contributed by atoms with E-state index in [-0.39, 0.29) is 11.4 Å². The molecule has 2 N–H and O–H groups in total. The van der Waals surface area contributed by atoms with E-state index in [2.05, 4.69) is 4.98 Å². The van der Waals surface area contributed by atoms with Gasteiger partial charge in [-0.3, -0.25) is 4.79 Å². The lowest BCUT2D eigenvalue weighted by Gasteiger charge is -2.26. The molecule has 1 aliphatic heterocycles. The zero-order valence-electron chi connectivity index (χ0n) is 9.94. The predicted octanol–water partition coefficient (Wildman–Crippen LogP) is 1.97. The second-order valence-electron chi connectivity index (χ2n) is 4.14. The first-order valence-corrected chi connectivity index (χ1v) is 5.67. The van der Waals surface area contributed by atoms with E-state index in [4.69, 9.17) is 5.73 Å². The number of carbonyl (C=O) groups excluding carboxylic acids is 1. The fraction of sp³-hybridized carbons (Fsp3) is 0.333. The van der Waals surface area contributed by atoms with E-state index in [0.29, 0.717) is 19.5 Å². The summed E-state index contributed by atoms with van der Waals surface area (Å²) in [6.45, 7) is 0.916. The Morgan fingerprint density at radius 3 is 2.58 bits per heavy atom. The van der Waals surface area contributed by atoms with Crippen molar-refractivity contribution in [2.24, 2.45) is 5.73 Å². The molecule has 0 unspecified atom stereocenters. The molecule has 1 aliphatic rings. The van der Waals surface area contributed by atoms with E-state index in [1.54, 1.807) is 4.90 Å². The molecule has 102 valence electrons. The van der Waals surface area contributed by atoms with Crippen LogP contribution in [0.15, 0.2) is 24.3 Å². The Bertz CT molecular complexity index is 525. The third-order valence-corrected chi connectivity index (χ3v) is 2.79. The average molecular weight is 271 g/mol. The van der Waals surface area contributed by atoms with Crippen molar-refractivity contribution in [1.29, 1.82) is 0 Å². The number of aromatic nitrogens is 1. The van der Waals surface area contributed by atoms with Gasteiger partial charge < -0.3 is 10.6 Å². The molecule has 1 aromatic rings. The van der Waals surface area contributed by atoms with Crippen molar-refractivity contribution in [2.45, 2.75) is 12.6 Å². The van der Waals surface area contributed by atoms with Crippen LogP contribution in [0, 0.1) is 0 Å². The Morgan fingerprint density at radius 1 is 1.32 bits per heavy atom. The molecular formula is C12H12F3N3O. The smallest absolute Gasteiger partial charge is 0.365 e. The third kappa shape index (κ3) is 2.86. The van der Waals surface area contributed by atoms with Crippen LogP contribution in [0.1, 0.15) is 22.5 Å². The summed E-state index contributed by atoms with van der Waals surface area (Å²) in [5.74, 6) is -0.794. The molecule has 0 aromatic carbocycles. The zero-order chi connectivity index (χ0) is 14.0. The van der Waals surface area contributed by atoms with E-state index >= 15 is 0 Å². The van der Waals surface area contributed by atoms with Gasteiger partial charge in [-0.05, 0) is 18.6 Å². The Labute approximate surface area is 107 Å². The summed E-state index contributed by atoms with van der Waals surface area (Å²) in [6, 6.07) is 1.84. The number of nitrogens with two attached hydrogens (primary N) is 1. The number of alkyl halides is 3. The number of halogens is 3. The van der Waals surface area contributed by atoms with E-state index in [1.165, 1.54) is 0 Å². The molecule has 1 aromatic heterocycles. The van der Waals surface area contributed by atoms with Crippen LogP contribution in [0.4, 0.5) is 19.0 Å². The molecule has 0 aliphatic carbocycles. The molecule has 4 nitrogen and oxygen atoms in total. The van der Waals surface area contributed by atoms with Gasteiger partial charge in [0.2, 0.25) is 0 Å². The number of rotatable bonds is 2. The molecule has 0 bridgehead atoms. The first-order chi connectivity index (χ1) is 8.89. The van der Waals surface area contributed by atoms with Gasteiger partial charge in [0.15, 0.2) is 0 Å². The van der Waals surface area contributed by atoms with E-state index < -0.39 is 17.8 Å². The maximum absolute atomic E-state index is 12.7. The highest BCUT2D eigenvalue weighted by molar-refractivity contribution is 5.97. The van der Waals surface area contributed by atoms with E-state index in [9.17, 15) is 18.0 Å². The van der Waals surface area contributed by atoms with Crippen molar-refractivity contribution in [3.05, 3.63) is 35.5 Å². The summed E-state index contributed by atoms with van der Waals surface area (Å²) in [5.41, 5.74) is 4.15. The molecule has 0 atom stereocenters. The van der Waals surface area contributed by atoms with Gasteiger partial charge in [0.05, 0.1) is 5.56 Å². The van der Waals surface area contributed by atoms with Gasteiger partial charge in [0.25, 0.3) is 5.91 Å². The number of anilines is 1. The quantitative estimate of drug-likeness (QED) is 0.836. The highest BCUT2D eigenvalue weighted by Gasteiger charge is 2.34. The van der Waals surface area contributed by atoms with Crippen molar-refractivity contribution < 1.29 is 18.0 Å². The molecule has 1 amide bonds. The molecule has 0 saturated carbocycles. The van der Waals surface area contributed by atoms with Gasteiger partial charge in [-0.1, -0.05) is 12.2 Å². The highest BCUT2D eigenvalue weighted by atomic mass is 19.4. The molecule has 0 fully saturated rings. The largest absolute Gasteiger partial charge is 0.433 e. The first kappa shape index (κ1) is 13.4. The summed E-state index contributed by atoms with van der Waals surface area (Å²) in [6.07, 6.45) is -0.114. The van der Waals surface area contributed by atoms with E-state index in [0.717, 1.165) is 12.1 Å². The number of hydrogen-bond acceptors (Lipinski definition) is 3. The highest BCUT2D eigenvalue weighted by Crippen LogP contribution is 2.30. The SMILES string of the molecule is NC(=O)c1ccc(C(F)(F)F)nc1N1CC=CCC1. The van der Waals surface area contributed by atoms with Crippen molar-refractivity contribution in [2.75, 3.05) is 18.0 Å². The molecule has 7 heteroatoms. The monoisotopic (exact) mass is 271 g/mol. The van der Waals surface area contributed by atoms with Gasteiger partial charge in [0, 0.05) is 13.1 Å². The number of pyridine rings is 1. The number of nitrogens with zero attached hydrogens (tertiary/aromatic N) is 2. The van der Waals surface area contributed by atoms with Crippen molar-refractivity contribution >= 4 is 11.7 Å². The molecule has 0 saturated heterocycles. The van der Waals surface area contributed by atoms with Gasteiger partial charge >= 0.3 is 6.18 Å². The maximum atomic E-state index is 12.7. The summed E-state index contributed by atoms with van der Waals surface area (Å²) in [4.78, 5) is 16.4. The molecule has 0 spiro atoms. The van der Waals surface area contributed by atoms with Crippen LogP contribution in [0.3, 0.4) is 0 Å². The minimum absolute atomic E-state index is 0.00306. The van der Waals surface area contributed by atoms with Gasteiger partial charge in [-0.2, -0.15) is 13.2 Å². The molecule has 2 heterocycles. The van der Waals surface area contributed by atoms with Gasteiger partial charge in [-0.15, -0.1) is 0 Å². The fourth-order valence-corrected chi connectivity index (χ4v) is 1.87. The Kier molecular flexibility index (Phi) is 3.46. The van der Waals surface area contributed by atoms with Crippen LogP contribution >= 0.6 is 0 Å².